The SMILES string of the molecule is CN(C(=O)NCc1cccc(F)c1Cl)C(CCC(=O)N1CCN(C(=O)OC(C)(C)C)CC1)COC(=O)Nc1cc2cc(F)ccc2cn1. The Balaban J connectivity index is 1.37. The molecule has 2 N–H and O–H groups in total. The monoisotopic (exact) mass is 688 g/mol. The van der Waals surface area contributed by atoms with Crippen LogP contribution in [0.25, 0.3) is 10.8 Å². The van der Waals surface area contributed by atoms with Crippen LogP contribution in [0.2, 0.25) is 5.02 Å². The molecule has 1 aliphatic heterocycles. The van der Waals surface area contributed by atoms with E-state index in [4.69, 9.17) is 21.1 Å². The highest BCUT2D eigenvalue weighted by molar-refractivity contribution is 6.31. The molecule has 2 aromatic carbocycles. The molecule has 1 saturated heterocycles. The fourth-order valence-corrected chi connectivity index (χ4v) is 5.13. The van der Waals surface area contributed by atoms with Crippen molar-refractivity contribution in [1.29, 1.82) is 0 Å². The topological polar surface area (TPSA) is 133 Å². The third-order valence-electron chi connectivity index (χ3n) is 7.63. The zero-order valence-electron chi connectivity index (χ0n) is 27.2. The number of benzene rings is 2. The van der Waals surface area contributed by atoms with Gasteiger partial charge in [0.05, 0.1) is 11.1 Å². The minimum Gasteiger partial charge on any atom is -0.447 e. The number of halogens is 3. The predicted octanol–water partition coefficient (Wildman–Crippen LogP) is 5.78. The number of amides is 5. The number of urea groups is 1. The molecule has 1 fully saturated rings. The number of hydrogen-bond donors (Lipinski definition) is 2. The van der Waals surface area contributed by atoms with Crippen LogP contribution < -0.4 is 10.6 Å². The molecule has 5 amide bonds. The van der Waals surface area contributed by atoms with Crippen molar-refractivity contribution in [2.75, 3.05) is 45.2 Å². The minimum atomic E-state index is -0.867. The average Bonchev–Trinajstić information content (AvgIpc) is 3.04. The Bertz CT molecular complexity index is 1650. The Hall–Kier alpha value is -4.72. The van der Waals surface area contributed by atoms with Crippen molar-refractivity contribution in [2.24, 2.45) is 0 Å². The zero-order valence-corrected chi connectivity index (χ0v) is 28.0. The van der Waals surface area contributed by atoms with E-state index in [0.29, 0.717) is 42.5 Å². The third kappa shape index (κ3) is 10.1. The van der Waals surface area contributed by atoms with Gasteiger partial charge in [-0.3, -0.25) is 10.1 Å². The normalized spacial score (nSPS) is 13.9. The number of nitrogens with zero attached hydrogens (tertiary/aromatic N) is 4. The summed E-state index contributed by atoms with van der Waals surface area (Å²) < 4.78 is 38.4. The van der Waals surface area contributed by atoms with Crippen LogP contribution >= 0.6 is 11.6 Å². The number of aromatic nitrogens is 1. The second-order valence-corrected chi connectivity index (χ2v) is 12.7. The van der Waals surface area contributed by atoms with Crippen molar-refractivity contribution >= 4 is 52.3 Å². The molecule has 3 aromatic rings. The van der Waals surface area contributed by atoms with Crippen molar-refractivity contribution in [3.8, 4) is 0 Å². The zero-order chi connectivity index (χ0) is 35.0. The summed E-state index contributed by atoms with van der Waals surface area (Å²) in [5.41, 5.74) is -0.264. The summed E-state index contributed by atoms with van der Waals surface area (Å²) in [5.74, 6) is -1.12. The van der Waals surface area contributed by atoms with Crippen LogP contribution in [0.4, 0.5) is 29.0 Å². The second-order valence-electron chi connectivity index (χ2n) is 12.3. The molecule has 0 radical (unpaired) electrons. The molecular formula is C33H39ClF2N6O6. The second kappa shape index (κ2) is 15.9. The predicted molar refractivity (Wildman–Crippen MR) is 175 cm³/mol. The van der Waals surface area contributed by atoms with Gasteiger partial charge in [0, 0.05) is 57.8 Å². The van der Waals surface area contributed by atoms with Crippen LogP contribution in [-0.4, -0.2) is 95.3 Å². The number of nitrogens with one attached hydrogen (secondary N) is 2. The first-order valence-electron chi connectivity index (χ1n) is 15.4. The number of carbonyl (C=O) groups is 4. The van der Waals surface area contributed by atoms with E-state index in [0.717, 1.165) is 0 Å². The smallest absolute Gasteiger partial charge is 0.412 e. The number of fused-ring (bicyclic) bond motifs is 1. The lowest BCUT2D eigenvalue weighted by atomic mass is 10.1. The highest BCUT2D eigenvalue weighted by Gasteiger charge is 2.29. The molecule has 0 saturated carbocycles. The number of likely N-dealkylation sites (N-methyl/N-ethyl adjacent to an activating group) is 1. The Morgan fingerprint density at radius 1 is 1.02 bits per heavy atom. The van der Waals surface area contributed by atoms with Gasteiger partial charge >= 0.3 is 18.2 Å². The van der Waals surface area contributed by atoms with Crippen molar-refractivity contribution in [1.82, 2.24) is 25.0 Å². The number of ether oxygens (including phenoxy) is 2. The van der Waals surface area contributed by atoms with Crippen LogP contribution in [0, 0.1) is 11.6 Å². The van der Waals surface area contributed by atoms with Gasteiger partial charge in [0.1, 0.15) is 29.7 Å². The maximum absolute atomic E-state index is 13.9. The Kier molecular flexibility index (Phi) is 12.0. The van der Waals surface area contributed by atoms with E-state index in [1.54, 1.807) is 42.7 Å². The molecule has 4 rings (SSSR count). The van der Waals surface area contributed by atoms with E-state index < -0.39 is 41.5 Å². The summed E-state index contributed by atoms with van der Waals surface area (Å²) in [6, 6.07) is 8.62. The van der Waals surface area contributed by atoms with Gasteiger partial charge in [-0.1, -0.05) is 23.7 Å². The number of rotatable bonds is 9. The number of piperazine rings is 1. The lowest BCUT2D eigenvalue weighted by Crippen LogP contribution is -2.52. The lowest BCUT2D eigenvalue weighted by molar-refractivity contribution is -0.133. The van der Waals surface area contributed by atoms with Gasteiger partial charge < -0.3 is 29.5 Å². The fourth-order valence-electron chi connectivity index (χ4n) is 4.94. The summed E-state index contributed by atoms with van der Waals surface area (Å²) in [7, 11) is 1.48. The van der Waals surface area contributed by atoms with Gasteiger partial charge in [-0.05, 0) is 68.5 Å². The molecule has 1 aliphatic rings. The quantitative estimate of drug-likeness (QED) is 0.291. The largest absolute Gasteiger partial charge is 0.447 e. The first-order chi connectivity index (χ1) is 22.7. The van der Waals surface area contributed by atoms with E-state index >= 15 is 0 Å². The van der Waals surface area contributed by atoms with Gasteiger partial charge in [-0.25, -0.2) is 28.1 Å². The van der Waals surface area contributed by atoms with Crippen molar-refractivity contribution in [3.05, 3.63) is 70.9 Å². The maximum atomic E-state index is 13.9. The molecule has 0 spiro atoms. The van der Waals surface area contributed by atoms with Gasteiger partial charge in [0.15, 0.2) is 0 Å². The summed E-state index contributed by atoms with van der Waals surface area (Å²) >= 11 is 6.02. The number of hydrogen-bond acceptors (Lipinski definition) is 7. The summed E-state index contributed by atoms with van der Waals surface area (Å²) in [6.45, 7) is 6.26. The number of pyridine rings is 1. The van der Waals surface area contributed by atoms with E-state index in [1.807, 2.05) is 0 Å². The van der Waals surface area contributed by atoms with Crippen molar-refractivity contribution in [3.63, 3.8) is 0 Å². The maximum Gasteiger partial charge on any atom is 0.412 e. The minimum absolute atomic E-state index is 0.0211. The highest BCUT2D eigenvalue weighted by atomic mass is 35.5. The Morgan fingerprint density at radius 2 is 1.73 bits per heavy atom. The summed E-state index contributed by atoms with van der Waals surface area (Å²) in [4.78, 5) is 60.0. The first kappa shape index (κ1) is 36.1. The lowest BCUT2D eigenvalue weighted by Gasteiger charge is -2.36. The number of carbonyl (C=O) groups excluding carboxylic acids is 4. The molecule has 1 unspecified atom stereocenters. The van der Waals surface area contributed by atoms with Gasteiger partial charge in [-0.2, -0.15) is 0 Å². The van der Waals surface area contributed by atoms with Crippen molar-refractivity contribution in [2.45, 2.75) is 51.8 Å². The fraction of sp³-hybridized carbons (Fsp3) is 0.424. The molecule has 12 nitrogen and oxygen atoms in total. The Labute approximate surface area is 282 Å². The molecule has 48 heavy (non-hydrogen) atoms. The average molecular weight is 689 g/mol. The van der Waals surface area contributed by atoms with Crippen molar-refractivity contribution < 1.29 is 37.4 Å². The molecule has 0 bridgehead atoms. The molecule has 1 aromatic heterocycles. The first-order valence-corrected chi connectivity index (χ1v) is 15.8. The molecule has 258 valence electrons. The summed E-state index contributed by atoms with van der Waals surface area (Å²) in [5, 5.41) is 6.26. The standard InChI is InChI=1S/C33H39ClF2N6O6/c1-33(2,3)48-32(46)42-14-12-41(13-15-42)28(43)11-10-25(40(4)30(44)38-19-22-6-5-7-26(36)29(22)34)20-47-31(45)39-27-17-23-16-24(35)9-8-21(23)18-37-27/h5-9,16-18,25H,10-15,19-20H2,1-4H3,(H,38,44)(H,37,39,45). The molecule has 15 heteroatoms. The molecule has 2 heterocycles. The highest BCUT2D eigenvalue weighted by Crippen LogP contribution is 2.21. The van der Waals surface area contributed by atoms with E-state index in [-0.39, 0.29) is 42.7 Å². The van der Waals surface area contributed by atoms with Crippen LogP contribution in [0.15, 0.2) is 48.7 Å². The van der Waals surface area contributed by atoms with E-state index in [1.165, 1.54) is 48.5 Å². The molecular weight excluding hydrogens is 650 g/mol. The van der Waals surface area contributed by atoms with E-state index in [9.17, 15) is 28.0 Å². The van der Waals surface area contributed by atoms with Gasteiger partial charge in [-0.15, -0.1) is 0 Å². The van der Waals surface area contributed by atoms with Crippen LogP contribution in [-0.2, 0) is 20.8 Å². The molecule has 0 aliphatic carbocycles. The van der Waals surface area contributed by atoms with Crippen LogP contribution in [0.3, 0.4) is 0 Å². The van der Waals surface area contributed by atoms with Crippen LogP contribution in [0.5, 0.6) is 0 Å². The molecule has 1 atom stereocenters. The summed E-state index contributed by atoms with van der Waals surface area (Å²) in [6.07, 6.45) is 0.329. The third-order valence-corrected chi connectivity index (χ3v) is 8.05. The number of anilines is 1. The van der Waals surface area contributed by atoms with Gasteiger partial charge in [0.25, 0.3) is 0 Å². The van der Waals surface area contributed by atoms with E-state index in [2.05, 4.69) is 15.6 Å². The van der Waals surface area contributed by atoms with Crippen LogP contribution in [0.1, 0.15) is 39.2 Å². The van der Waals surface area contributed by atoms with Gasteiger partial charge in [0.2, 0.25) is 5.91 Å². The Morgan fingerprint density at radius 3 is 2.44 bits per heavy atom.